The summed E-state index contributed by atoms with van der Waals surface area (Å²) in [5.41, 5.74) is 0. The highest BCUT2D eigenvalue weighted by molar-refractivity contribution is 14.0. The molecule has 0 saturated heterocycles. The highest BCUT2D eigenvalue weighted by Crippen LogP contribution is 2.05. The number of halogens is 1. The summed E-state index contributed by atoms with van der Waals surface area (Å²) in [6.07, 6.45) is 1.10. The van der Waals surface area contributed by atoms with Gasteiger partial charge in [0.05, 0.1) is 0 Å². The fourth-order valence-electron chi connectivity index (χ4n) is 2.42. The largest absolute Gasteiger partial charge is 0.357 e. The minimum absolute atomic E-state index is 0. The van der Waals surface area contributed by atoms with Crippen molar-refractivity contribution >= 4 is 29.9 Å². The molecule has 2 N–H and O–H groups in total. The van der Waals surface area contributed by atoms with Crippen LogP contribution in [-0.2, 0) is 0 Å². The molecule has 0 bridgehead atoms. The zero-order chi connectivity index (χ0) is 17.0. The number of nitrogens with zero attached hydrogens (tertiary/aromatic N) is 3. The van der Waals surface area contributed by atoms with Crippen molar-refractivity contribution in [2.24, 2.45) is 4.99 Å². The van der Waals surface area contributed by atoms with E-state index in [1.165, 1.54) is 0 Å². The molecule has 0 aliphatic carbocycles. The van der Waals surface area contributed by atoms with Crippen LogP contribution in [0.3, 0.4) is 0 Å². The molecule has 0 aromatic rings. The van der Waals surface area contributed by atoms with E-state index in [4.69, 9.17) is 0 Å². The van der Waals surface area contributed by atoms with Crippen LogP contribution in [0.5, 0.6) is 0 Å². The van der Waals surface area contributed by atoms with Gasteiger partial charge in [0.15, 0.2) is 5.96 Å². The molecule has 0 atom stereocenters. The Morgan fingerprint density at radius 1 is 1.00 bits per heavy atom. The Labute approximate surface area is 161 Å². The molecule has 0 aromatic heterocycles. The molecule has 0 saturated carbocycles. The minimum atomic E-state index is 0. The highest BCUT2D eigenvalue weighted by atomic mass is 127. The molecule has 5 nitrogen and oxygen atoms in total. The number of guanidine groups is 1. The molecule has 0 spiro atoms. The SMILES string of the molecule is CCNC(=NCCCN(C(C)C)C(C)C)NCCN(C)CC.I. The fourth-order valence-corrected chi connectivity index (χ4v) is 2.42. The molecule has 0 fully saturated rings. The van der Waals surface area contributed by atoms with Crippen molar-refractivity contribution in [2.45, 2.75) is 60.0 Å². The van der Waals surface area contributed by atoms with E-state index in [9.17, 15) is 0 Å². The smallest absolute Gasteiger partial charge is 0.191 e. The van der Waals surface area contributed by atoms with Gasteiger partial charge in [-0.1, -0.05) is 6.92 Å². The van der Waals surface area contributed by atoms with Crippen LogP contribution in [0.15, 0.2) is 4.99 Å². The molecule has 0 aliphatic heterocycles. The van der Waals surface area contributed by atoms with Crippen LogP contribution < -0.4 is 10.6 Å². The van der Waals surface area contributed by atoms with Gasteiger partial charge in [-0.3, -0.25) is 9.89 Å². The van der Waals surface area contributed by atoms with Crippen LogP contribution in [0.25, 0.3) is 0 Å². The normalized spacial score (nSPS) is 12.2. The zero-order valence-corrected chi connectivity index (χ0v) is 18.7. The van der Waals surface area contributed by atoms with E-state index >= 15 is 0 Å². The molecule has 0 unspecified atom stereocenters. The van der Waals surface area contributed by atoms with Crippen LogP contribution in [0.1, 0.15) is 48.0 Å². The van der Waals surface area contributed by atoms with E-state index in [1.54, 1.807) is 0 Å². The predicted octanol–water partition coefficient (Wildman–Crippen LogP) is 2.62. The molecule has 23 heavy (non-hydrogen) atoms. The Hall–Kier alpha value is -0.0800. The zero-order valence-electron chi connectivity index (χ0n) is 16.4. The van der Waals surface area contributed by atoms with Gasteiger partial charge in [-0.2, -0.15) is 0 Å². The van der Waals surface area contributed by atoms with E-state index in [2.05, 4.69) is 74.0 Å². The van der Waals surface area contributed by atoms with Crippen molar-refractivity contribution in [3.05, 3.63) is 0 Å². The third-order valence-electron chi connectivity index (χ3n) is 3.84. The number of likely N-dealkylation sites (N-methyl/N-ethyl adjacent to an activating group) is 1. The molecular formula is C17H40IN5. The first-order valence-electron chi connectivity index (χ1n) is 8.88. The maximum absolute atomic E-state index is 4.68. The molecule has 6 heteroatoms. The van der Waals surface area contributed by atoms with Crippen LogP contribution in [-0.4, -0.2) is 74.2 Å². The van der Waals surface area contributed by atoms with E-state index < -0.39 is 0 Å². The highest BCUT2D eigenvalue weighted by Gasteiger charge is 2.12. The third-order valence-corrected chi connectivity index (χ3v) is 3.84. The van der Waals surface area contributed by atoms with Gasteiger partial charge in [-0.05, 0) is 54.6 Å². The summed E-state index contributed by atoms with van der Waals surface area (Å²) >= 11 is 0. The quantitative estimate of drug-likeness (QED) is 0.224. The molecule has 0 amide bonds. The lowest BCUT2D eigenvalue weighted by Crippen LogP contribution is -2.41. The summed E-state index contributed by atoms with van der Waals surface area (Å²) in [5, 5.41) is 6.72. The summed E-state index contributed by atoms with van der Waals surface area (Å²) in [7, 11) is 2.14. The van der Waals surface area contributed by atoms with E-state index in [-0.39, 0.29) is 24.0 Å². The minimum Gasteiger partial charge on any atom is -0.357 e. The number of hydrogen-bond acceptors (Lipinski definition) is 3. The molecular weight excluding hydrogens is 401 g/mol. The maximum Gasteiger partial charge on any atom is 0.191 e. The molecule has 0 rings (SSSR count). The summed E-state index contributed by atoms with van der Waals surface area (Å²) in [6.45, 7) is 19.3. The Morgan fingerprint density at radius 3 is 2.09 bits per heavy atom. The average molecular weight is 441 g/mol. The van der Waals surface area contributed by atoms with Crippen molar-refractivity contribution in [3.63, 3.8) is 0 Å². The van der Waals surface area contributed by atoms with Gasteiger partial charge in [-0.15, -0.1) is 24.0 Å². The summed E-state index contributed by atoms with van der Waals surface area (Å²) < 4.78 is 0. The van der Waals surface area contributed by atoms with Crippen LogP contribution >= 0.6 is 24.0 Å². The molecule has 140 valence electrons. The number of aliphatic imine (C=N–C) groups is 1. The van der Waals surface area contributed by atoms with Gasteiger partial charge in [0, 0.05) is 44.8 Å². The Balaban J connectivity index is 0. The van der Waals surface area contributed by atoms with Crippen molar-refractivity contribution < 1.29 is 0 Å². The molecule has 0 radical (unpaired) electrons. The summed E-state index contributed by atoms with van der Waals surface area (Å²) in [4.78, 5) is 9.49. The van der Waals surface area contributed by atoms with E-state index in [0.29, 0.717) is 12.1 Å². The average Bonchev–Trinajstić information content (AvgIpc) is 2.45. The second-order valence-electron chi connectivity index (χ2n) is 6.36. The van der Waals surface area contributed by atoms with Gasteiger partial charge >= 0.3 is 0 Å². The van der Waals surface area contributed by atoms with Gasteiger partial charge in [-0.25, -0.2) is 0 Å². The lowest BCUT2D eigenvalue weighted by atomic mass is 10.2. The monoisotopic (exact) mass is 441 g/mol. The first kappa shape index (κ1) is 25.2. The van der Waals surface area contributed by atoms with Gasteiger partial charge < -0.3 is 15.5 Å². The van der Waals surface area contributed by atoms with Gasteiger partial charge in [0.25, 0.3) is 0 Å². The Kier molecular flexibility index (Phi) is 16.9. The predicted molar refractivity (Wildman–Crippen MR) is 114 cm³/mol. The van der Waals surface area contributed by atoms with Crippen LogP contribution in [0, 0.1) is 0 Å². The second kappa shape index (κ2) is 15.4. The van der Waals surface area contributed by atoms with E-state index in [1.807, 2.05) is 0 Å². The molecule has 0 heterocycles. The van der Waals surface area contributed by atoms with Gasteiger partial charge in [0.1, 0.15) is 0 Å². The molecule has 0 aliphatic rings. The van der Waals surface area contributed by atoms with Crippen molar-refractivity contribution in [2.75, 3.05) is 46.3 Å². The van der Waals surface area contributed by atoms with Crippen molar-refractivity contribution in [3.8, 4) is 0 Å². The van der Waals surface area contributed by atoms with Crippen molar-refractivity contribution in [1.29, 1.82) is 0 Å². The maximum atomic E-state index is 4.68. The van der Waals surface area contributed by atoms with E-state index in [0.717, 1.165) is 51.6 Å². The summed E-state index contributed by atoms with van der Waals surface area (Å²) in [5.74, 6) is 0.938. The van der Waals surface area contributed by atoms with Crippen LogP contribution in [0.2, 0.25) is 0 Å². The first-order valence-corrected chi connectivity index (χ1v) is 8.88. The Morgan fingerprint density at radius 2 is 1.61 bits per heavy atom. The lowest BCUT2D eigenvalue weighted by molar-refractivity contribution is 0.174. The lowest BCUT2D eigenvalue weighted by Gasteiger charge is -2.30. The van der Waals surface area contributed by atoms with Gasteiger partial charge in [0.2, 0.25) is 0 Å². The number of rotatable bonds is 11. The third kappa shape index (κ3) is 12.9. The second-order valence-corrected chi connectivity index (χ2v) is 6.36. The molecule has 0 aromatic carbocycles. The number of hydrogen-bond donors (Lipinski definition) is 2. The fraction of sp³-hybridized carbons (Fsp3) is 0.941. The summed E-state index contributed by atoms with van der Waals surface area (Å²) in [6, 6.07) is 1.19. The van der Waals surface area contributed by atoms with Crippen molar-refractivity contribution in [1.82, 2.24) is 20.4 Å². The number of nitrogens with one attached hydrogen (secondary N) is 2. The standard InChI is InChI=1S/C17H39N5.HI/c1-8-18-17(20-12-14-21(7)9-2)19-11-10-13-22(15(3)4)16(5)6;/h15-16H,8-14H2,1-7H3,(H2,18,19,20);1H. The Bertz CT molecular complexity index is 287. The van der Waals surface area contributed by atoms with Crippen LogP contribution in [0.4, 0.5) is 0 Å². The first-order chi connectivity index (χ1) is 10.4. The topological polar surface area (TPSA) is 42.9 Å².